The van der Waals surface area contributed by atoms with Crippen LogP contribution in [-0.4, -0.2) is 91.5 Å². The van der Waals surface area contributed by atoms with E-state index in [2.05, 4.69) is 9.47 Å². The molecule has 0 aromatic carbocycles. The van der Waals surface area contributed by atoms with E-state index in [-0.39, 0.29) is 20.3 Å². The Morgan fingerprint density at radius 2 is 0.943 bits per heavy atom. The highest BCUT2D eigenvalue weighted by Crippen LogP contribution is 2.64. The quantitative estimate of drug-likeness (QED) is 0.378. The number of likely N-dealkylation sites (N-methyl/N-ethyl adjacent to an activating group) is 1. The fourth-order valence-electron chi connectivity index (χ4n) is 2.36. The number of nitrogens with zero attached hydrogens (tertiary/aromatic N) is 1. The van der Waals surface area contributed by atoms with Gasteiger partial charge in [-0.3, -0.25) is 4.79 Å². The van der Waals surface area contributed by atoms with Gasteiger partial charge in [-0.15, -0.1) is 0 Å². The van der Waals surface area contributed by atoms with Crippen LogP contribution in [0.1, 0.15) is 0 Å². The molecule has 0 aromatic heterocycles. The molecule has 1 saturated heterocycles. The molecular formula is C14H10F17NO3. The van der Waals surface area contributed by atoms with Crippen LogP contribution in [0.25, 0.3) is 0 Å². The molecule has 0 aromatic rings. The van der Waals surface area contributed by atoms with E-state index in [1.165, 1.54) is 0 Å². The van der Waals surface area contributed by atoms with E-state index < -0.39 is 71.3 Å². The lowest BCUT2D eigenvalue weighted by molar-refractivity contribution is -0.459. The first-order valence-electron chi connectivity index (χ1n) is 8.36. The predicted octanol–water partition coefficient (Wildman–Crippen LogP) is 4.83. The summed E-state index contributed by atoms with van der Waals surface area (Å²) in [6, 6.07) is 0. The summed E-state index contributed by atoms with van der Waals surface area (Å²) in [5.41, 5.74) is 0. The third-order valence-corrected chi connectivity index (χ3v) is 4.45. The van der Waals surface area contributed by atoms with E-state index >= 15 is 0 Å². The van der Waals surface area contributed by atoms with Crippen molar-refractivity contribution in [3.05, 3.63) is 0 Å². The highest BCUT2D eigenvalue weighted by molar-refractivity contribution is 5.84. The molecule has 1 aliphatic rings. The molecule has 0 spiro atoms. The Morgan fingerprint density at radius 3 is 1.29 bits per heavy atom. The van der Waals surface area contributed by atoms with Gasteiger partial charge in [0.25, 0.3) is 5.91 Å². The average Bonchev–Trinajstić information content (AvgIpc) is 3.18. The van der Waals surface area contributed by atoms with Gasteiger partial charge in [0, 0.05) is 7.05 Å². The van der Waals surface area contributed by atoms with E-state index in [0.29, 0.717) is 0 Å². The first-order valence-corrected chi connectivity index (χ1v) is 8.36. The maximum Gasteiger partial charge on any atom is 0.460 e. The summed E-state index contributed by atoms with van der Waals surface area (Å²) in [4.78, 5) is 10.9. The zero-order valence-corrected chi connectivity index (χ0v) is 16.3. The van der Waals surface area contributed by atoms with Crippen molar-refractivity contribution < 1.29 is 88.9 Å². The molecule has 0 N–H and O–H groups in total. The lowest BCUT2D eigenvalue weighted by Gasteiger charge is -2.42. The van der Waals surface area contributed by atoms with Gasteiger partial charge >= 0.3 is 47.6 Å². The van der Waals surface area contributed by atoms with Crippen LogP contribution < -0.4 is 0 Å². The molecule has 0 bridgehead atoms. The molecule has 1 heterocycles. The molecule has 0 unspecified atom stereocenters. The SMILES string of the molecule is CN(CC1OCCO1)C(=O)C(F)(F)C(F)(F)C(F)(F)C(F)(F)C(F)(F)C(F)(F)C(F)(F)C(F)(F)F. The van der Waals surface area contributed by atoms with Crippen LogP contribution >= 0.6 is 0 Å². The topological polar surface area (TPSA) is 38.8 Å². The molecule has 208 valence electrons. The first kappa shape index (κ1) is 31.2. The van der Waals surface area contributed by atoms with Gasteiger partial charge in [-0.2, -0.15) is 74.6 Å². The van der Waals surface area contributed by atoms with Gasteiger partial charge in [-0.1, -0.05) is 0 Å². The Hall–Kier alpha value is -1.80. The normalized spacial score (nSPS) is 18.2. The molecule has 1 amide bonds. The van der Waals surface area contributed by atoms with Crippen LogP contribution in [0.2, 0.25) is 0 Å². The van der Waals surface area contributed by atoms with Crippen molar-refractivity contribution in [3.8, 4) is 0 Å². The molecule has 1 aliphatic heterocycles. The molecule has 0 radical (unpaired) electrons. The summed E-state index contributed by atoms with van der Waals surface area (Å²) < 4.78 is 233. The summed E-state index contributed by atoms with van der Waals surface area (Å²) >= 11 is 0. The number of hydrogen-bond acceptors (Lipinski definition) is 3. The third kappa shape index (κ3) is 4.35. The molecule has 0 atom stereocenters. The zero-order valence-electron chi connectivity index (χ0n) is 16.3. The van der Waals surface area contributed by atoms with Gasteiger partial charge in [0.2, 0.25) is 0 Å². The lowest BCUT2D eigenvalue weighted by Crippen LogP contribution is -2.75. The molecule has 35 heavy (non-hydrogen) atoms. The van der Waals surface area contributed by atoms with Gasteiger partial charge in [-0.25, -0.2) is 0 Å². The number of hydrogen-bond donors (Lipinski definition) is 0. The fourth-order valence-corrected chi connectivity index (χ4v) is 2.36. The van der Waals surface area contributed by atoms with Crippen molar-refractivity contribution in [1.29, 1.82) is 0 Å². The van der Waals surface area contributed by atoms with E-state index in [1.807, 2.05) is 0 Å². The minimum Gasteiger partial charge on any atom is -0.348 e. The number of rotatable bonds is 9. The van der Waals surface area contributed by atoms with E-state index in [1.54, 1.807) is 0 Å². The Balaban J connectivity index is 3.49. The Labute approximate surface area is 181 Å². The van der Waals surface area contributed by atoms with Gasteiger partial charge in [0.15, 0.2) is 6.29 Å². The van der Waals surface area contributed by atoms with Crippen molar-refractivity contribution in [2.24, 2.45) is 0 Å². The van der Waals surface area contributed by atoms with Crippen molar-refractivity contribution in [3.63, 3.8) is 0 Å². The Bertz CT molecular complexity index is 787. The standard InChI is InChI=1S/C14H10F17NO3/c1-32(4-5-34-2-3-35-5)6(33)7(15,16)8(17,18)9(19,20)10(21,22)11(23,24)12(25,26)13(27,28)14(29,30)31/h5H,2-4H2,1H3. The second-order valence-electron chi connectivity index (χ2n) is 6.88. The van der Waals surface area contributed by atoms with Crippen LogP contribution in [-0.2, 0) is 14.3 Å². The Kier molecular flexibility index (Phi) is 7.72. The van der Waals surface area contributed by atoms with Crippen molar-refractivity contribution in [1.82, 2.24) is 4.90 Å². The van der Waals surface area contributed by atoms with Gasteiger partial charge in [0.1, 0.15) is 0 Å². The number of amides is 1. The highest BCUT2D eigenvalue weighted by Gasteiger charge is 2.95. The molecule has 4 nitrogen and oxygen atoms in total. The summed E-state index contributed by atoms with van der Waals surface area (Å²) in [6.07, 6.45) is -9.48. The molecular weight excluding hydrogens is 553 g/mol. The number of carbonyl (C=O) groups excluding carboxylic acids is 1. The molecule has 1 fully saturated rings. The number of ether oxygens (including phenoxy) is 2. The molecule has 0 aliphatic carbocycles. The van der Waals surface area contributed by atoms with Crippen molar-refractivity contribution >= 4 is 5.91 Å². The highest BCUT2D eigenvalue weighted by atomic mass is 19.4. The first-order chi connectivity index (χ1) is 15.2. The minimum atomic E-state index is -8.75. The van der Waals surface area contributed by atoms with Crippen LogP contribution in [0.4, 0.5) is 74.6 Å². The van der Waals surface area contributed by atoms with Crippen LogP contribution in [0.5, 0.6) is 0 Å². The zero-order chi connectivity index (χ0) is 28.3. The van der Waals surface area contributed by atoms with Gasteiger partial charge in [-0.05, 0) is 0 Å². The van der Waals surface area contributed by atoms with E-state index in [0.717, 1.165) is 0 Å². The lowest BCUT2D eigenvalue weighted by atomic mass is 9.88. The maximum atomic E-state index is 13.9. The average molecular weight is 563 g/mol. The Morgan fingerprint density at radius 1 is 0.629 bits per heavy atom. The van der Waals surface area contributed by atoms with Crippen LogP contribution in [0.3, 0.4) is 0 Å². The van der Waals surface area contributed by atoms with Gasteiger partial charge < -0.3 is 14.4 Å². The van der Waals surface area contributed by atoms with Crippen LogP contribution in [0, 0.1) is 0 Å². The molecule has 0 saturated carbocycles. The van der Waals surface area contributed by atoms with E-state index in [4.69, 9.17) is 0 Å². The smallest absolute Gasteiger partial charge is 0.348 e. The maximum absolute atomic E-state index is 13.9. The van der Waals surface area contributed by atoms with Gasteiger partial charge in [0.05, 0.1) is 19.8 Å². The number of alkyl halides is 17. The minimum absolute atomic E-state index is 0.139. The fraction of sp³-hybridized carbons (Fsp3) is 0.929. The summed E-state index contributed by atoms with van der Waals surface area (Å²) in [5, 5.41) is 0. The van der Waals surface area contributed by atoms with Crippen molar-refractivity contribution in [2.45, 2.75) is 53.9 Å². The third-order valence-electron chi connectivity index (χ3n) is 4.45. The summed E-state index contributed by atoms with van der Waals surface area (Å²) in [6.45, 7) is -1.79. The van der Waals surface area contributed by atoms with Crippen molar-refractivity contribution in [2.75, 3.05) is 26.8 Å². The summed E-state index contributed by atoms with van der Waals surface area (Å²) in [7, 11) is 0.139. The van der Waals surface area contributed by atoms with Crippen LogP contribution in [0.15, 0.2) is 0 Å². The second kappa shape index (κ2) is 8.65. The number of halogens is 17. The summed E-state index contributed by atoms with van der Waals surface area (Å²) in [5.74, 6) is -61.6. The largest absolute Gasteiger partial charge is 0.460 e. The number of carbonyl (C=O) groups is 1. The van der Waals surface area contributed by atoms with E-state index in [9.17, 15) is 79.4 Å². The predicted molar refractivity (Wildman–Crippen MR) is 74.0 cm³/mol. The molecule has 1 rings (SSSR count). The second-order valence-corrected chi connectivity index (χ2v) is 6.88. The molecule has 21 heteroatoms. The monoisotopic (exact) mass is 563 g/mol.